The maximum Gasteiger partial charge on any atom is 0.244 e. The average molecular weight is 537 g/mol. The third-order valence-corrected chi connectivity index (χ3v) is 10.4. The van der Waals surface area contributed by atoms with E-state index in [-0.39, 0.29) is 16.6 Å². The second kappa shape index (κ2) is 12.9. The summed E-state index contributed by atoms with van der Waals surface area (Å²) in [5.41, 5.74) is 3.13. The zero-order chi connectivity index (χ0) is 26.3. The van der Waals surface area contributed by atoms with Crippen LogP contribution in [-0.2, 0) is 14.8 Å². The predicted octanol–water partition coefficient (Wildman–Crippen LogP) is 5.89. The van der Waals surface area contributed by atoms with E-state index in [9.17, 15) is 13.2 Å². The van der Waals surface area contributed by atoms with E-state index < -0.39 is 15.4 Å². The molecule has 0 spiro atoms. The summed E-state index contributed by atoms with van der Waals surface area (Å²) in [6.07, 6.45) is 1.20. The average Bonchev–Trinajstić information content (AvgIpc) is 3.45. The summed E-state index contributed by atoms with van der Waals surface area (Å²) >= 11 is 1.44. The van der Waals surface area contributed by atoms with Crippen molar-refractivity contribution < 1.29 is 13.2 Å². The number of thioether (sulfide) groups is 1. The highest BCUT2D eigenvalue weighted by molar-refractivity contribution is 8.02. The molecule has 0 aromatic heterocycles. The van der Waals surface area contributed by atoms with Crippen LogP contribution in [0.3, 0.4) is 0 Å². The van der Waals surface area contributed by atoms with E-state index >= 15 is 0 Å². The van der Waals surface area contributed by atoms with Crippen LogP contribution in [0.15, 0.2) is 89.8 Å². The van der Waals surface area contributed by atoms with Crippen molar-refractivity contribution >= 4 is 27.6 Å². The first-order valence-electron chi connectivity index (χ1n) is 13.0. The molecule has 0 radical (unpaired) electrons. The molecule has 0 N–H and O–H groups in total. The number of rotatable bonds is 12. The minimum atomic E-state index is -3.78. The van der Waals surface area contributed by atoms with Crippen LogP contribution in [0, 0.1) is 0 Å². The quantitative estimate of drug-likeness (QED) is 0.289. The normalized spacial score (nSPS) is 17.2. The summed E-state index contributed by atoms with van der Waals surface area (Å²) in [5, 5.41) is -0.682. The molecule has 196 valence electrons. The van der Waals surface area contributed by atoms with E-state index in [0.717, 1.165) is 42.7 Å². The van der Waals surface area contributed by atoms with Crippen LogP contribution in [0.4, 0.5) is 0 Å². The molecule has 7 heteroatoms. The van der Waals surface area contributed by atoms with Gasteiger partial charge in [0, 0.05) is 18.7 Å². The summed E-state index contributed by atoms with van der Waals surface area (Å²) < 4.78 is 28.6. The highest BCUT2D eigenvalue weighted by atomic mass is 32.2. The van der Waals surface area contributed by atoms with E-state index in [0.29, 0.717) is 18.7 Å². The van der Waals surface area contributed by atoms with E-state index in [1.54, 1.807) is 12.1 Å². The van der Waals surface area contributed by atoms with Gasteiger partial charge >= 0.3 is 0 Å². The first kappa shape index (κ1) is 27.6. The predicted molar refractivity (Wildman–Crippen MR) is 153 cm³/mol. The Hall–Kier alpha value is -2.45. The van der Waals surface area contributed by atoms with Crippen LogP contribution < -0.4 is 0 Å². The topological polar surface area (TPSA) is 57.7 Å². The SMILES string of the molecule is CCN(CC)CC[C@H](CC(=O)[C@@H]1SCCN1S(=O)(=O)c1ccc(-c2ccccc2)cc1)c1ccccc1. The van der Waals surface area contributed by atoms with E-state index in [4.69, 9.17) is 0 Å². The lowest BCUT2D eigenvalue weighted by atomic mass is 9.90. The van der Waals surface area contributed by atoms with Crippen molar-refractivity contribution in [3.8, 4) is 11.1 Å². The summed E-state index contributed by atoms with van der Waals surface area (Å²) in [7, 11) is -3.78. The molecule has 1 heterocycles. The first-order chi connectivity index (χ1) is 17.9. The van der Waals surface area contributed by atoms with Crippen LogP contribution in [0.25, 0.3) is 11.1 Å². The molecule has 2 atom stereocenters. The van der Waals surface area contributed by atoms with Gasteiger partial charge in [-0.2, -0.15) is 4.31 Å². The molecule has 1 fully saturated rings. The Balaban J connectivity index is 1.50. The lowest BCUT2D eigenvalue weighted by Gasteiger charge is -2.26. The number of Topliss-reactive ketones (excluding diaryl/α,β-unsaturated/α-hetero) is 1. The Morgan fingerprint density at radius 1 is 0.919 bits per heavy atom. The molecule has 0 aliphatic carbocycles. The molecule has 37 heavy (non-hydrogen) atoms. The van der Waals surface area contributed by atoms with Crippen molar-refractivity contribution in [2.45, 2.75) is 42.9 Å². The lowest BCUT2D eigenvalue weighted by Crippen LogP contribution is -2.40. The van der Waals surface area contributed by atoms with Gasteiger partial charge in [-0.25, -0.2) is 8.42 Å². The number of ketones is 1. The highest BCUT2D eigenvalue weighted by Gasteiger charge is 2.40. The Labute approximate surface area is 225 Å². The third kappa shape index (κ3) is 6.71. The molecule has 0 unspecified atom stereocenters. The fraction of sp³-hybridized carbons (Fsp3) is 0.367. The number of nitrogens with zero attached hydrogens (tertiary/aromatic N) is 2. The fourth-order valence-corrected chi connectivity index (χ4v) is 8.04. The monoisotopic (exact) mass is 536 g/mol. The molecule has 0 saturated carbocycles. The molecular formula is C30H36N2O3S2. The number of hydrogen-bond acceptors (Lipinski definition) is 5. The summed E-state index contributed by atoms with van der Waals surface area (Å²) in [6, 6.07) is 27.0. The van der Waals surface area contributed by atoms with E-state index in [1.807, 2.05) is 60.7 Å². The van der Waals surface area contributed by atoms with Gasteiger partial charge in [-0.1, -0.05) is 86.6 Å². The van der Waals surface area contributed by atoms with Crippen LogP contribution in [0.5, 0.6) is 0 Å². The molecular weight excluding hydrogens is 500 g/mol. The first-order valence-corrected chi connectivity index (χ1v) is 15.5. The molecule has 5 nitrogen and oxygen atoms in total. The molecule has 1 saturated heterocycles. The van der Waals surface area contributed by atoms with Gasteiger partial charge in [0.05, 0.1) is 4.90 Å². The molecule has 3 aromatic carbocycles. The smallest absolute Gasteiger partial charge is 0.244 e. The fourth-order valence-electron chi connectivity index (χ4n) is 4.87. The van der Waals surface area contributed by atoms with Crippen molar-refractivity contribution in [3.63, 3.8) is 0 Å². The second-order valence-corrected chi connectivity index (χ2v) is 12.4. The van der Waals surface area contributed by atoms with Gasteiger partial charge in [-0.05, 0) is 60.8 Å². The summed E-state index contributed by atoms with van der Waals surface area (Å²) in [4.78, 5) is 16.2. The van der Waals surface area contributed by atoms with Crippen molar-refractivity contribution in [2.75, 3.05) is 31.9 Å². The van der Waals surface area contributed by atoms with Gasteiger partial charge in [0.25, 0.3) is 0 Å². The second-order valence-electron chi connectivity index (χ2n) is 9.32. The van der Waals surface area contributed by atoms with E-state index in [2.05, 4.69) is 30.9 Å². The molecule has 1 aliphatic rings. The number of sulfonamides is 1. The minimum absolute atomic E-state index is 0.0135. The van der Waals surface area contributed by atoms with Crippen molar-refractivity contribution in [1.82, 2.24) is 9.21 Å². The number of benzene rings is 3. The zero-order valence-corrected chi connectivity index (χ0v) is 23.3. The summed E-state index contributed by atoms with van der Waals surface area (Å²) in [5.74, 6) is 0.665. The Morgan fingerprint density at radius 2 is 1.51 bits per heavy atom. The van der Waals surface area contributed by atoms with Gasteiger partial charge in [0.1, 0.15) is 5.37 Å². The molecule has 0 bridgehead atoms. The maximum atomic E-state index is 13.6. The summed E-state index contributed by atoms with van der Waals surface area (Å²) in [6.45, 7) is 7.50. The highest BCUT2D eigenvalue weighted by Crippen LogP contribution is 2.34. The Morgan fingerprint density at radius 3 is 2.14 bits per heavy atom. The van der Waals surface area contributed by atoms with E-state index in [1.165, 1.54) is 16.1 Å². The minimum Gasteiger partial charge on any atom is -0.304 e. The van der Waals surface area contributed by atoms with Crippen LogP contribution in [0.2, 0.25) is 0 Å². The third-order valence-electron chi connectivity index (χ3n) is 7.10. The van der Waals surface area contributed by atoms with Crippen LogP contribution in [0.1, 0.15) is 38.2 Å². The maximum absolute atomic E-state index is 13.6. The number of carbonyl (C=O) groups is 1. The van der Waals surface area contributed by atoms with Crippen LogP contribution >= 0.6 is 11.8 Å². The van der Waals surface area contributed by atoms with Gasteiger partial charge in [0.15, 0.2) is 5.78 Å². The largest absolute Gasteiger partial charge is 0.304 e. The number of hydrogen-bond donors (Lipinski definition) is 0. The Bertz CT molecular complexity index is 1250. The Kier molecular flexibility index (Phi) is 9.60. The van der Waals surface area contributed by atoms with Gasteiger partial charge in [-0.15, -0.1) is 11.8 Å². The molecule has 1 aliphatic heterocycles. The lowest BCUT2D eigenvalue weighted by molar-refractivity contribution is -0.120. The molecule has 3 aromatic rings. The molecule has 0 amide bonds. The van der Waals surface area contributed by atoms with Crippen molar-refractivity contribution in [1.29, 1.82) is 0 Å². The van der Waals surface area contributed by atoms with Crippen LogP contribution in [-0.4, -0.2) is 60.7 Å². The number of carbonyl (C=O) groups excluding carboxylic acids is 1. The van der Waals surface area contributed by atoms with Crippen molar-refractivity contribution in [2.24, 2.45) is 0 Å². The standard InChI is InChI=1S/C30H36N2O3S2/c1-3-31(4-2)20-19-27(25-13-9-6-10-14-25)23-29(33)30-32(21-22-36-30)37(34,35)28-17-15-26(16-18-28)24-11-7-5-8-12-24/h5-18,27,30H,3-4,19-23H2,1-2H3/t27-,30+/m1/s1. The van der Waals surface area contributed by atoms with Gasteiger partial charge in [0.2, 0.25) is 10.0 Å². The zero-order valence-electron chi connectivity index (χ0n) is 21.6. The van der Waals surface area contributed by atoms with Crippen molar-refractivity contribution in [3.05, 3.63) is 90.5 Å². The van der Waals surface area contributed by atoms with Gasteiger partial charge < -0.3 is 4.90 Å². The molecule has 4 rings (SSSR count). The van der Waals surface area contributed by atoms with Gasteiger partial charge in [-0.3, -0.25) is 4.79 Å².